The molecule has 1 fully saturated rings. The fourth-order valence-electron chi connectivity index (χ4n) is 3.10. The minimum atomic E-state index is -2.63. The van der Waals surface area contributed by atoms with Gasteiger partial charge in [-0.2, -0.15) is 10.1 Å². The molecule has 0 amide bonds. The molecule has 4 rings (SSSR count). The number of aromatic nitrogens is 4. The van der Waals surface area contributed by atoms with Crippen LogP contribution in [-0.2, 0) is 0 Å². The van der Waals surface area contributed by atoms with Gasteiger partial charge in [-0.25, -0.2) is 18.2 Å². The van der Waals surface area contributed by atoms with Gasteiger partial charge in [-0.15, -0.1) is 0 Å². The Labute approximate surface area is 164 Å². The summed E-state index contributed by atoms with van der Waals surface area (Å²) >= 11 is 0. The Morgan fingerprint density at radius 2 is 1.93 bits per heavy atom. The van der Waals surface area contributed by atoms with Crippen molar-refractivity contribution in [2.24, 2.45) is 0 Å². The number of methoxy groups -OCH3 is 1. The molecule has 3 aromatic rings. The molecule has 0 spiro atoms. The molecule has 2 aromatic heterocycles. The Hall–Kier alpha value is -3.30. The van der Waals surface area contributed by atoms with Crippen LogP contribution in [0.2, 0.25) is 0 Å². The van der Waals surface area contributed by atoms with Gasteiger partial charge in [-0.05, 0) is 24.3 Å². The van der Waals surface area contributed by atoms with Crippen LogP contribution in [0.4, 0.5) is 30.8 Å². The number of anilines is 3. The SMILES string of the molecule is COc1ccc(-c2cc(Nc3ccnc(N4CCC(F)(F)CC4)n3)n[nH]2)cc1F. The third-order valence-corrected chi connectivity index (χ3v) is 4.72. The molecule has 0 bridgehead atoms. The van der Waals surface area contributed by atoms with Crippen LogP contribution in [0.1, 0.15) is 12.8 Å². The van der Waals surface area contributed by atoms with Crippen molar-refractivity contribution in [3.05, 3.63) is 42.3 Å². The highest BCUT2D eigenvalue weighted by Gasteiger charge is 2.34. The third-order valence-electron chi connectivity index (χ3n) is 4.72. The molecule has 0 aliphatic carbocycles. The van der Waals surface area contributed by atoms with Crippen molar-refractivity contribution in [2.75, 3.05) is 30.4 Å². The Kier molecular flexibility index (Phi) is 4.99. The number of hydrogen-bond donors (Lipinski definition) is 2. The standard InChI is InChI=1S/C19H19F3N6O/c1-29-15-3-2-12(10-13(15)20)14-11-17(27-26-14)24-16-4-7-23-18(25-16)28-8-5-19(21,22)6-9-28/h2-4,7,10-11H,5-6,8-9H2,1H3,(H2,23,24,25,26,27). The van der Waals surface area contributed by atoms with Crippen LogP contribution in [0.5, 0.6) is 5.75 Å². The minimum absolute atomic E-state index is 0.163. The molecular weight excluding hydrogens is 385 g/mol. The second-order valence-electron chi connectivity index (χ2n) is 6.73. The van der Waals surface area contributed by atoms with E-state index in [1.807, 2.05) is 0 Å². The molecule has 7 nitrogen and oxygen atoms in total. The van der Waals surface area contributed by atoms with Gasteiger partial charge in [0.2, 0.25) is 5.95 Å². The van der Waals surface area contributed by atoms with Crippen molar-refractivity contribution >= 4 is 17.6 Å². The van der Waals surface area contributed by atoms with Crippen LogP contribution >= 0.6 is 0 Å². The van der Waals surface area contributed by atoms with E-state index < -0.39 is 11.7 Å². The largest absolute Gasteiger partial charge is 0.494 e. The van der Waals surface area contributed by atoms with Crippen molar-refractivity contribution in [1.29, 1.82) is 0 Å². The zero-order chi connectivity index (χ0) is 20.4. The number of nitrogens with one attached hydrogen (secondary N) is 2. The highest BCUT2D eigenvalue weighted by molar-refractivity contribution is 5.66. The van der Waals surface area contributed by atoms with Crippen molar-refractivity contribution in [1.82, 2.24) is 20.2 Å². The molecule has 1 aliphatic rings. The summed E-state index contributed by atoms with van der Waals surface area (Å²) in [6.07, 6.45) is 1.13. The van der Waals surface area contributed by atoms with Crippen LogP contribution < -0.4 is 15.0 Å². The van der Waals surface area contributed by atoms with Gasteiger partial charge in [0.15, 0.2) is 17.4 Å². The van der Waals surface area contributed by atoms with Gasteiger partial charge in [-0.1, -0.05) is 0 Å². The number of nitrogens with zero attached hydrogens (tertiary/aromatic N) is 4. The molecule has 2 N–H and O–H groups in total. The lowest BCUT2D eigenvalue weighted by Crippen LogP contribution is -2.40. The molecule has 0 saturated carbocycles. The fraction of sp³-hybridized carbons (Fsp3) is 0.316. The van der Waals surface area contributed by atoms with Gasteiger partial charge in [0.1, 0.15) is 5.82 Å². The van der Waals surface area contributed by atoms with Crippen LogP contribution in [-0.4, -0.2) is 46.3 Å². The van der Waals surface area contributed by atoms with E-state index in [2.05, 4.69) is 25.5 Å². The molecule has 10 heteroatoms. The van der Waals surface area contributed by atoms with Crippen LogP contribution in [0.25, 0.3) is 11.3 Å². The van der Waals surface area contributed by atoms with E-state index in [4.69, 9.17) is 4.74 Å². The molecule has 0 atom stereocenters. The number of benzene rings is 1. The maximum absolute atomic E-state index is 13.9. The maximum atomic E-state index is 13.9. The highest BCUT2D eigenvalue weighted by atomic mass is 19.3. The maximum Gasteiger partial charge on any atom is 0.251 e. The monoisotopic (exact) mass is 404 g/mol. The summed E-state index contributed by atoms with van der Waals surface area (Å²) < 4.78 is 45.5. The van der Waals surface area contributed by atoms with Crippen molar-refractivity contribution < 1.29 is 17.9 Å². The first-order valence-electron chi connectivity index (χ1n) is 9.06. The lowest BCUT2D eigenvalue weighted by molar-refractivity contribution is -0.0222. The second kappa shape index (κ2) is 7.61. The Bertz CT molecular complexity index is 999. The molecular formula is C19H19F3N6O. The highest BCUT2D eigenvalue weighted by Crippen LogP contribution is 2.30. The van der Waals surface area contributed by atoms with E-state index in [1.54, 1.807) is 29.3 Å². The zero-order valence-corrected chi connectivity index (χ0v) is 15.6. The van der Waals surface area contributed by atoms with Crippen molar-refractivity contribution in [3.8, 4) is 17.0 Å². The fourth-order valence-corrected chi connectivity index (χ4v) is 3.10. The summed E-state index contributed by atoms with van der Waals surface area (Å²) in [5.74, 6) is -1.59. The Balaban J connectivity index is 1.47. The molecule has 3 heterocycles. The van der Waals surface area contributed by atoms with E-state index in [0.29, 0.717) is 28.8 Å². The molecule has 1 aromatic carbocycles. The average molecular weight is 404 g/mol. The van der Waals surface area contributed by atoms with E-state index in [9.17, 15) is 13.2 Å². The normalized spacial score (nSPS) is 15.9. The summed E-state index contributed by atoms with van der Waals surface area (Å²) in [4.78, 5) is 10.3. The van der Waals surface area contributed by atoms with Crippen LogP contribution in [0.3, 0.4) is 0 Å². The lowest BCUT2D eigenvalue weighted by Gasteiger charge is -2.31. The molecule has 29 heavy (non-hydrogen) atoms. The van der Waals surface area contributed by atoms with Gasteiger partial charge in [-0.3, -0.25) is 5.10 Å². The summed E-state index contributed by atoms with van der Waals surface area (Å²) in [6.45, 7) is 0.401. The summed E-state index contributed by atoms with van der Waals surface area (Å²) in [5.41, 5.74) is 1.23. The van der Waals surface area contributed by atoms with Gasteiger partial charge < -0.3 is 15.0 Å². The quantitative estimate of drug-likeness (QED) is 0.669. The van der Waals surface area contributed by atoms with Gasteiger partial charge >= 0.3 is 0 Å². The van der Waals surface area contributed by atoms with E-state index >= 15 is 0 Å². The first-order valence-corrected chi connectivity index (χ1v) is 9.06. The molecule has 1 aliphatic heterocycles. The number of H-pyrrole nitrogens is 1. The van der Waals surface area contributed by atoms with E-state index in [-0.39, 0.29) is 31.7 Å². The number of aromatic amines is 1. The van der Waals surface area contributed by atoms with Gasteiger partial charge in [0.25, 0.3) is 5.92 Å². The minimum Gasteiger partial charge on any atom is -0.494 e. The van der Waals surface area contributed by atoms with Crippen LogP contribution in [0.15, 0.2) is 36.5 Å². The lowest BCUT2D eigenvalue weighted by atomic mass is 10.1. The topological polar surface area (TPSA) is 79.0 Å². The Morgan fingerprint density at radius 1 is 1.14 bits per heavy atom. The smallest absolute Gasteiger partial charge is 0.251 e. The van der Waals surface area contributed by atoms with Crippen molar-refractivity contribution in [2.45, 2.75) is 18.8 Å². The summed E-state index contributed by atoms with van der Waals surface area (Å²) in [5, 5.41) is 10.0. The Morgan fingerprint density at radius 3 is 2.66 bits per heavy atom. The summed E-state index contributed by atoms with van der Waals surface area (Å²) in [7, 11) is 1.40. The number of ether oxygens (including phenoxy) is 1. The average Bonchev–Trinajstić information content (AvgIpc) is 3.16. The van der Waals surface area contributed by atoms with Gasteiger partial charge in [0.05, 0.1) is 12.8 Å². The zero-order valence-electron chi connectivity index (χ0n) is 15.6. The first kappa shape index (κ1) is 19.0. The first-order chi connectivity index (χ1) is 13.9. The number of rotatable bonds is 5. The number of halogens is 3. The molecule has 152 valence electrons. The molecule has 0 radical (unpaired) electrons. The van der Waals surface area contributed by atoms with E-state index in [1.165, 1.54) is 19.2 Å². The molecule has 0 unspecified atom stereocenters. The predicted octanol–water partition coefficient (Wildman–Crippen LogP) is 3.99. The van der Waals surface area contributed by atoms with Gasteiger partial charge in [0, 0.05) is 43.8 Å². The van der Waals surface area contributed by atoms with Crippen LogP contribution in [0, 0.1) is 5.82 Å². The number of piperidine rings is 1. The second-order valence-corrected chi connectivity index (χ2v) is 6.73. The number of hydrogen-bond acceptors (Lipinski definition) is 6. The van der Waals surface area contributed by atoms with Crippen molar-refractivity contribution in [3.63, 3.8) is 0 Å². The molecule has 1 saturated heterocycles. The predicted molar refractivity (Wildman–Crippen MR) is 102 cm³/mol. The van der Waals surface area contributed by atoms with E-state index in [0.717, 1.165) is 0 Å². The third kappa shape index (κ3) is 4.25. The summed E-state index contributed by atoms with van der Waals surface area (Å²) in [6, 6.07) is 7.98. The number of alkyl halides is 2.